The average molecular weight is 436 g/mol. The van der Waals surface area contributed by atoms with Gasteiger partial charge in [-0.05, 0) is 62.1 Å². The fourth-order valence-corrected chi connectivity index (χ4v) is 4.51. The molecule has 0 bridgehead atoms. The zero-order valence-electron chi connectivity index (χ0n) is 19.3. The first-order valence-corrected chi connectivity index (χ1v) is 11.1. The first-order valence-electron chi connectivity index (χ1n) is 11.1. The summed E-state index contributed by atoms with van der Waals surface area (Å²) in [6.07, 6.45) is 1.76. The second-order valence-corrected chi connectivity index (χ2v) is 8.23. The summed E-state index contributed by atoms with van der Waals surface area (Å²) < 4.78 is 17.3. The number of hydrogen-bond donors (Lipinski definition) is 0. The van der Waals surface area contributed by atoms with Crippen molar-refractivity contribution in [2.75, 3.05) is 20.3 Å². The Balaban J connectivity index is 1.96. The Labute approximate surface area is 187 Å². The third-order valence-corrected chi connectivity index (χ3v) is 5.95. The fraction of sp³-hybridized carbons (Fsp3) is 0.385. The van der Waals surface area contributed by atoms with Crippen LogP contribution in [-0.2, 0) is 0 Å². The number of rotatable bonds is 7. The maximum Gasteiger partial charge on any atom is 0.290 e. The number of carbonyl (C=O) groups is 1. The molecule has 32 heavy (non-hydrogen) atoms. The molecular formula is C26H29NO5. The molecule has 168 valence electrons. The number of methoxy groups -OCH3 is 1. The summed E-state index contributed by atoms with van der Waals surface area (Å²) in [6.45, 7) is 8.88. The zero-order valence-corrected chi connectivity index (χ0v) is 19.3. The molecule has 0 aliphatic carbocycles. The number of aryl methyl sites for hydroxylation is 2. The van der Waals surface area contributed by atoms with E-state index in [1.54, 1.807) is 12.0 Å². The number of unbranched alkanes of at least 4 members (excludes halogenated alkanes) is 1. The van der Waals surface area contributed by atoms with E-state index in [0.717, 1.165) is 29.5 Å². The van der Waals surface area contributed by atoms with E-state index in [1.807, 2.05) is 51.1 Å². The van der Waals surface area contributed by atoms with Gasteiger partial charge in [-0.25, -0.2) is 0 Å². The summed E-state index contributed by atoms with van der Waals surface area (Å²) in [6, 6.07) is 8.83. The Morgan fingerprint density at radius 2 is 1.84 bits per heavy atom. The normalized spacial score (nSPS) is 15.3. The van der Waals surface area contributed by atoms with Crippen molar-refractivity contribution in [3.63, 3.8) is 0 Å². The van der Waals surface area contributed by atoms with Gasteiger partial charge in [0.1, 0.15) is 5.58 Å². The van der Waals surface area contributed by atoms with Gasteiger partial charge in [-0.2, -0.15) is 0 Å². The average Bonchev–Trinajstić information content (AvgIpc) is 3.05. The molecule has 1 aromatic heterocycles. The highest BCUT2D eigenvalue weighted by Gasteiger charge is 2.42. The van der Waals surface area contributed by atoms with Gasteiger partial charge in [0, 0.05) is 6.54 Å². The highest BCUT2D eigenvalue weighted by molar-refractivity contribution is 5.99. The van der Waals surface area contributed by atoms with Crippen molar-refractivity contribution in [3.05, 3.63) is 68.6 Å². The molecule has 1 aliphatic rings. The largest absolute Gasteiger partial charge is 0.493 e. The molecule has 0 saturated carbocycles. The van der Waals surface area contributed by atoms with Crippen LogP contribution in [0.3, 0.4) is 0 Å². The molecule has 4 rings (SSSR count). The lowest BCUT2D eigenvalue weighted by Crippen LogP contribution is -2.30. The standard InChI is InChI=1S/C26H29NO5/c1-6-8-11-27-22(17-9-10-19(31-7-2)20(14-17)30-5)21-23(28)18-13-15(3)12-16(4)24(18)32-25(21)26(27)29/h9-10,12-14,22H,6-8,11H2,1-5H3. The minimum atomic E-state index is -0.532. The van der Waals surface area contributed by atoms with Crippen LogP contribution < -0.4 is 14.9 Å². The van der Waals surface area contributed by atoms with Crippen molar-refractivity contribution < 1.29 is 18.7 Å². The third kappa shape index (κ3) is 3.53. The van der Waals surface area contributed by atoms with E-state index in [9.17, 15) is 9.59 Å². The second-order valence-electron chi connectivity index (χ2n) is 8.23. The monoisotopic (exact) mass is 435 g/mol. The molecule has 1 unspecified atom stereocenters. The van der Waals surface area contributed by atoms with Gasteiger partial charge >= 0.3 is 0 Å². The third-order valence-electron chi connectivity index (χ3n) is 5.95. The molecule has 6 heteroatoms. The fourth-order valence-electron chi connectivity index (χ4n) is 4.51. The molecule has 0 saturated heterocycles. The molecule has 0 fully saturated rings. The summed E-state index contributed by atoms with van der Waals surface area (Å²) in [5.74, 6) is 1.09. The predicted molar refractivity (Wildman–Crippen MR) is 124 cm³/mol. The highest BCUT2D eigenvalue weighted by Crippen LogP contribution is 2.41. The Morgan fingerprint density at radius 1 is 1.06 bits per heavy atom. The van der Waals surface area contributed by atoms with Gasteiger partial charge in [0.25, 0.3) is 5.91 Å². The van der Waals surface area contributed by atoms with E-state index < -0.39 is 6.04 Å². The predicted octanol–water partition coefficient (Wildman–Crippen LogP) is 5.16. The van der Waals surface area contributed by atoms with Crippen molar-refractivity contribution in [2.24, 2.45) is 0 Å². The van der Waals surface area contributed by atoms with Crippen LogP contribution in [-0.4, -0.2) is 31.1 Å². The number of fused-ring (bicyclic) bond motifs is 2. The Bertz CT molecular complexity index is 1240. The van der Waals surface area contributed by atoms with Crippen LogP contribution in [0.15, 0.2) is 39.5 Å². The second kappa shape index (κ2) is 8.69. The van der Waals surface area contributed by atoms with Crippen molar-refractivity contribution in [1.82, 2.24) is 4.90 Å². The molecule has 0 N–H and O–H groups in total. The van der Waals surface area contributed by atoms with Crippen molar-refractivity contribution in [3.8, 4) is 11.5 Å². The summed E-state index contributed by atoms with van der Waals surface area (Å²) in [5, 5.41) is 0.509. The van der Waals surface area contributed by atoms with Crippen LogP contribution in [0.1, 0.15) is 65.5 Å². The molecule has 1 aliphatic heterocycles. The summed E-state index contributed by atoms with van der Waals surface area (Å²) in [5.41, 5.74) is 3.35. The molecule has 1 atom stereocenters. The first kappa shape index (κ1) is 21.9. The van der Waals surface area contributed by atoms with E-state index in [0.29, 0.717) is 41.2 Å². The lowest BCUT2D eigenvalue weighted by molar-refractivity contribution is 0.0725. The SMILES string of the molecule is CCCCN1C(=O)c2oc3c(C)cc(C)cc3c(=O)c2C1c1ccc(OCC)c(OC)c1. The van der Waals surface area contributed by atoms with Gasteiger partial charge < -0.3 is 18.8 Å². The molecule has 1 amide bonds. The Kier molecular flexibility index (Phi) is 5.96. The lowest BCUT2D eigenvalue weighted by Gasteiger charge is -2.25. The Morgan fingerprint density at radius 3 is 2.53 bits per heavy atom. The van der Waals surface area contributed by atoms with Crippen LogP contribution in [0.4, 0.5) is 0 Å². The van der Waals surface area contributed by atoms with Gasteiger partial charge in [-0.1, -0.05) is 25.5 Å². The van der Waals surface area contributed by atoms with Crippen molar-refractivity contribution >= 4 is 16.9 Å². The lowest BCUT2D eigenvalue weighted by atomic mass is 9.97. The minimum absolute atomic E-state index is 0.142. The first-order chi connectivity index (χ1) is 15.4. The number of benzene rings is 2. The number of carbonyl (C=O) groups excluding carboxylic acids is 1. The quantitative estimate of drug-likeness (QED) is 0.513. The summed E-state index contributed by atoms with van der Waals surface area (Å²) in [7, 11) is 1.58. The van der Waals surface area contributed by atoms with Crippen LogP contribution in [0.2, 0.25) is 0 Å². The van der Waals surface area contributed by atoms with Crippen LogP contribution >= 0.6 is 0 Å². The zero-order chi connectivity index (χ0) is 23.0. The van der Waals surface area contributed by atoms with Gasteiger partial charge in [-0.3, -0.25) is 9.59 Å². The summed E-state index contributed by atoms with van der Waals surface area (Å²) in [4.78, 5) is 28.9. The number of amides is 1. The number of hydrogen-bond acceptors (Lipinski definition) is 5. The molecule has 2 aromatic carbocycles. The van der Waals surface area contributed by atoms with E-state index in [1.165, 1.54) is 0 Å². The topological polar surface area (TPSA) is 69.0 Å². The molecule has 2 heterocycles. The van der Waals surface area contributed by atoms with E-state index in [2.05, 4.69) is 6.92 Å². The Hall–Kier alpha value is -3.28. The van der Waals surface area contributed by atoms with Gasteiger partial charge in [-0.15, -0.1) is 0 Å². The van der Waals surface area contributed by atoms with Crippen LogP contribution in [0.25, 0.3) is 11.0 Å². The molecular weight excluding hydrogens is 406 g/mol. The molecule has 0 radical (unpaired) electrons. The number of nitrogens with zero attached hydrogens (tertiary/aromatic N) is 1. The van der Waals surface area contributed by atoms with Crippen molar-refractivity contribution in [2.45, 2.75) is 46.6 Å². The van der Waals surface area contributed by atoms with Gasteiger partial charge in [0.05, 0.1) is 30.7 Å². The summed E-state index contributed by atoms with van der Waals surface area (Å²) >= 11 is 0. The maximum absolute atomic E-state index is 13.7. The molecule has 0 spiro atoms. The van der Waals surface area contributed by atoms with E-state index in [4.69, 9.17) is 13.9 Å². The maximum atomic E-state index is 13.7. The van der Waals surface area contributed by atoms with E-state index in [-0.39, 0.29) is 17.1 Å². The molecule has 3 aromatic rings. The minimum Gasteiger partial charge on any atom is -0.493 e. The number of ether oxygens (including phenoxy) is 2. The van der Waals surface area contributed by atoms with Gasteiger partial charge in [0.15, 0.2) is 16.9 Å². The van der Waals surface area contributed by atoms with E-state index >= 15 is 0 Å². The van der Waals surface area contributed by atoms with Crippen LogP contribution in [0.5, 0.6) is 11.5 Å². The smallest absolute Gasteiger partial charge is 0.290 e. The molecule has 6 nitrogen and oxygen atoms in total. The highest BCUT2D eigenvalue weighted by atomic mass is 16.5. The van der Waals surface area contributed by atoms with Gasteiger partial charge in [0.2, 0.25) is 5.76 Å². The van der Waals surface area contributed by atoms with Crippen LogP contribution in [0, 0.1) is 13.8 Å². The van der Waals surface area contributed by atoms with Crippen molar-refractivity contribution in [1.29, 1.82) is 0 Å².